The molecule has 8 aromatic rings. The van der Waals surface area contributed by atoms with Crippen molar-refractivity contribution in [3.8, 4) is 22.5 Å². The van der Waals surface area contributed by atoms with Crippen molar-refractivity contribution in [3.63, 3.8) is 0 Å². The van der Waals surface area contributed by atoms with Crippen molar-refractivity contribution in [3.05, 3.63) is 176 Å². The van der Waals surface area contributed by atoms with Gasteiger partial charge in [-0.05, 0) is 90.3 Å². The van der Waals surface area contributed by atoms with E-state index in [1.807, 2.05) is 48.5 Å². The first-order valence-corrected chi connectivity index (χ1v) is 28.5. The third-order valence-corrected chi connectivity index (χ3v) is 15.0. The molecule has 1 fully saturated rings. The minimum Gasteiger partial charge on any atom is -0.361 e. The maximum atomic E-state index is 13.7. The van der Waals surface area contributed by atoms with Crippen molar-refractivity contribution >= 4 is 76.5 Å². The molecule has 5 aromatic heterocycles. The van der Waals surface area contributed by atoms with Gasteiger partial charge in [0.05, 0.1) is 28.7 Å². The minimum atomic E-state index is -3.53. The van der Waals surface area contributed by atoms with Crippen LogP contribution in [-0.2, 0) is 44.3 Å². The molecule has 21 heteroatoms. The number of nitrogens with zero attached hydrogens (tertiary/aromatic N) is 6. The number of halogens is 4. The second-order valence-electron chi connectivity index (χ2n) is 17.4. The zero-order valence-electron chi connectivity index (χ0n) is 41.5. The number of hydrogen-bond donors (Lipinski definition) is 2. The van der Waals surface area contributed by atoms with E-state index in [1.165, 1.54) is 0 Å². The van der Waals surface area contributed by atoms with Crippen LogP contribution in [0.2, 0.25) is 0 Å². The molecule has 2 unspecified atom stereocenters. The smallest absolute Gasteiger partial charge is 0.224 e. The van der Waals surface area contributed by atoms with E-state index in [9.17, 15) is 40.4 Å². The monoisotopic (exact) mass is 1280 g/mol. The van der Waals surface area contributed by atoms with Crippen molar-refractivity contribution < 1.29 is 60.5 Å². The summed E-state index contributed by atoms with van der Waals surface area (Å²) in [5.41, 5.74) is 3.69. The van der Waals surface area contributed by atoms with E-state index >= 15 is 0 Å². The summed E-state index contributed by atoms with van der Waals surface area (Å²) in [6.07, 6.45) is 12.1. The average molecular weight is 1280 g/mol. The van der Waals surface area contributed by atoms with Crippen LogP contribution >= 0.6 is 21.6 Å². The fourth-order valence-corrected chi connectivity index (χ4v) is 11.0. The number of unbranched alkanes of at least 4 members (excludes halogenated alkanes) is 1. The second kappa shape index (κ2) is 29.8. The topological polar surface area (TPSA) is 177 Å². The van der Waals surface area contributed by atoms with E-state index in [0.29, 0.717) is 50.2 Å². The Balaban J connectivity index is 0.000000266. The first-order valence-electron chi connectivity index (χ1n) is 24.1. The van der Waals surface area contributed by atoms with Gasteiger partial charge in [0.1, 0.15) is 14.9 Å². The Labute approximate surface area is 465 Å². The van der Waals surface area contributed by atoms with Gasteiger partial charge in [-0.3, -0.25) is 41.9 Å². The minimum absolute atomic E-state index is 0. The van der Waals surface area contributed by atoms with E-state index in [4.69, 9.17) is 0 Å². The molecular formula is C56H52F4IrN8O5S3-2. The normalized spacial score (nSPS) is 13.3. The third kappa shape index (κ3) is 18.0. The SMILES string of the molecule is CS(=O)(=O)CC(CC(=O)C1CCCN1c1ccnc2c1ccc1cccnc12)C(=O)NCCCCC(=O)NCCSSc1ccccn1.Fc1c[c-]c(-c2ccccn2)c(F)c1.Fc1c[c-]c(-c2ccccn2)c(F)c1.[Ir]. The van der Waals surface area contributed by atoms with Gasteiger partial charge in [-0.1, -0.05) is 76.5 Å². The van der Waals surface area contributed by atoms with E-state index in [1.54, 1.807) is 89.0 Å². The van der Waals surface area contributed by atoms with Crippen molar-refractivity contribution in [1.29, 1.82) is 0 Å². The Bertz CT molecular complexity index is 3260. The predicted molar refractivity (Wildman–Crippen MR) is 290 cm³/mol. The number of aromatic nitrogens is 5. The van der Waals surface area contributed by atoms with Gasteiger partial charge in [-0.15, -0.1) is 24.3 Å². The molecule has 1 aliphatic rings. The summed E-state index contributed by atoms with van der Waals surface area (Å²) in [4.78, 5) is 62.4. The van der Waals surface area contributed by atoms with Crippen LogP contribution < -0.4 is 15.5 Å². The van der Waals surface area contributed by atoms with E-state index < -0.39 is 56.7 Å². The number of Topliss-reactive ketones (excluding diaryl/α,β-unsaturated/α-hetero) is 1. The molecule has 2 N–H and O–H groups in total. The maximum Gasteiger partial charge on any atom is 0.224 e. The van der Waals surface area contributed by atoms with Crippen molar-refractivity contribution in [2.45, 2.75) is 49.6 Å². The Morgan fingerprint density at radius 1 is 0.727 bits per heavy atom. The molecular weight excluding hydrogens is 1230 g/mol. The molecule has 2 atom stereocenters. The number of ketones is 1. The third-order valence-electron chi connectivity index (χ3n) is 11.7. The molecule has 1 saturated heterocycles. The maximum absolute atomic E-state index is 13.7. The summed E-state index contributed by atoms with van der Waals surface area (Å²) in [7, 11) is -0.347. The second-order valence-corrected chi connectivity index (χ2v) is 22.0. The number of hydrogen-bond acceptors (Lipinski definition) is 13. The number of pyridine rings is 5. The van der Waals surface area contributed by atoms with Gasteiger partial charge in [-0.2, -0.15) is 0 Å². The average Bonchev–Trinajstić information content (AvgIpc) is 3.91. The Morgan fingerprint density at radius 2 is 1.36 bits per heavy atom. The summed E-state index contributed by atoms with van der Waals surface area (Å²) in [5, 5.41) is 8.49. The first kappa shape index (κ1) is 59.6. The largest absolute Gasteiger partial charge is 0.361 e. The number of nitrogens with one attached hydrogen (secondary N) is 2. The number of amides is 2. The Morgan fingerprint density at radius 3 is 1.97 bits per heavy atom. The van der Waals surface area contributed by atoms with Crippen LogP contribution in [0.3, 0.4) is 0 Å². The fraction of sp³-hybridized carbons (Fsp3) is 0.250. The molecule has 0 bridgehead atoms. The standard InChI is InChI=1S/C34H40N6O5S3.2C11H6F2N.Ir/c1-48(44,45)23-25(34(43)39-16-4-2-10-30(42)35-19-21-46-47-31-11-3-5-15-36-31)22-29(41)28-9-7-20-40(28)27-14-18-38-33-26(27)13-12-24-8-6-17-37-32(24)33;2*12-8-4-5-9(10(13)7-8)11-3-1-2-6-14-11;/h3,5-6,8,11-15,17-18,25,28H,2,4,7,9-10,16,19-23H2,1H3,(H,35,42)(H,39,43);2*1-4,6-7H;/q;2*-1;. The number of carbonyl (C=O) groups is 3. The molecule has 0 aliphatic carbocycles. The fourth-order valence-electron chi connectivity index (χ4n) is 8.24. The van der Waals surface area contributed by atoms with Crippen LogP contribution in [-0.4, -0.2) is 94.4 Å². The Kier molecular flexibility index (Phi) is 23.0. The van der Waals surface area contributed by atoms with Gasteiger partial charge in [0.2, 0.25) is 11.8 Å². The van der Waals surface area contributed by atoms with Gasteiger partial charge in [0.15, 0.2) is 5.78 Å². The summed E-state index contributed by atoms with van der Waals surface area (Å²) < 4.78 is 76.1. The van der Waals surface area contributed by atoms with Crippen molar-refractivity contribution in [1.82, 2.24) is 35.6 Å². The predicted octanol–water partition coefficient (Wildman–Crippen LogP) is 10.3. The zero-order valence-corrected chi connectivity index (χ0v) is 46.4. The molecule has 0 spiro atoms. The molecule has 9 rings (SSSR count). The van der Waals surface area contributed by atoms with Crippen LogP contribution in [0, 0.1) is 41.3 Å². The number of sulfone groups is 1. The quantitative estimate of drug-likeness (QED) is 0.0257. The van der Waals surface area contributed by atoms with E-state index in [2.05, 4.69) is 52.6 Å². The number of carbonyl (C=O) groups excluding carboxylic acids is 3. The summed E-state index contributed by atoms with van der Waals surface area (Å²) in [5.74, 6) is -3.91. The number of fused-ring (bicyclic) bond motifs is 3. The molecule has 0 saturated carbocycles. The number of benzene rings is 3. The summed E-state index contributed by atoms with van der Waals surface area (Å²) in [6, 6.07) is 34.1. The van der Waals surface area contributed by atoms with Gasteiger partial charge in [0, 0.05) is 135 Å². The molecule has 403 valence electrons. The number of anilines is 1. The Hall–Kier alpha value is -6.64. The molecule has 6 heterocycles. The summed E-state index contributed by atoms with van der Waals surface area (Å²) in [6.45, 7) is 1.50. The molecule has 77 heavy (non-hydrogen) atoms. The van der Waals surface area contributed by atoms with E-state index in [0.717, 1.165) is 75.2 Å². The zero-order chi connectivity index (χ0) is 53.9. The van der Waals surface area contributed by atoms with Crippen LogP contribution in [0.25, 0.3) is 44.3 Å². The van der Waals surface area contributed by atoms with Crippen molar-refractivity contribution in [2.75, 3.05) is 42.3 Å². The number of rotatable bonds is 19. The van der Waals surface area contributed by atoms with E-state index in [-0.39, 0.29) is 55.9 Å². The van der Waals surface area contributed by atoms with Gasteiger partial charge in [-0.25, -0.2) is 13.4 Å². The molecule has 13 nitrogen and oxygen atoms in total. The van der Waals surface area contributed by atoms with Crippen LogP contribution in [0.1, 0.15) is 38.5 Å². The first-order chi connectivity index (χ1) is 36.7. The molecule has 1 radical (unpaired) electrons. The van der Waals surface area contributed by atoms with Gasteiger partial charge in [0.25, 0.3) is 0 Å². The molecule has 1 aliphatic heterocycles. The van der Waals surface area contributed by atoms with Crippen LogP contribution in [0.5, 0.6) is 0 Å². The molecule has 2 amide bonds. The van der Waals surface area contributed by atoms with Crippen LogP contribution in [0.4, 0.5) is 23.2 Å². The van der Waals surface area contributed by atoms with Gasteiger partial charge < -0.3 is 25.5 Å². The van der Waals surface area contributed by atoms with Crippen molar-refractivity contribution in [2.24, 2.45) is 5.92 Å². The molecule has 3 aromatic carbocycles. The summed E-state index contributed by atoms with van der Waals surface area (Å²) >= 11 is 0. The van der Waals surface area contributed by atoms with Crippen LogP contribution in [0.15, 0.2) is 145 Å². The van der Waals surface area contributed by atoms with Gasteiger partial charge >= 0.3 is 0 Å².